The molecule has 2 aromatic heterocycles. The van der Waals surface area contributed by atoms with E-state index >= 15 is 0 Å². The third-order valence-corrected chi connectivity index (χ3v) is 4.38. The predicted octanol–water partition coefficient (Wildman–Crippen LogP) is 2.93. The molecule has 0 saturated carbocycles. The maximum absolute atomic E-state index is 12.4. The van der Waals surface area contributed by atoms with Gasteiger partial charge >= 0.3 is 0 Å². The molecular formula is C15H15N3OS. The van der Waals surface area contributed by atoms with E-state index in [1.165, 1.54) is 16.9 Å². The fourth-order valence-corrected chi connectivity index (χ4v) is 2.97. The summed E-state index contributed by atoms with van der Waals surface area (Å²) in [6.07, 6.45) is 1.89. The number of aryl methyl sites for hydroxylation is 3. The van der Waals surface area contributed by atoms with Gasteiger partial charge < -0.3 is 9.55 Å². The Morgan fingerprint density at radius 1 is 1.35 bits per heavy atom. The Morgan fingerprint density at radius 2 is 2.15 bits per heavy atom. The first-order valence-corrected chi connectivity index (χ1v) is 7.23. The SMILES string of the molecule is Cc1[nH]c2c(C(=O)N=c3sccn3C)cccc2c1C. The zero-order valence-electron chi connectivity index (χ0n) is 11.6. The molecule has 0 atom stereocenters. The van der Waals surface area contributed by atoms with Gasteiger partial charge in [-0.05, 0) is 25.5 Å². The molecule has 0 spiro atoms. The summed E-state index contributed by atoms with van der Waals surface area (Å²) in [5, 5.41) is 2.99. The number of aromatic amines is 1. The third-order valence-electron chi connectivity index (χ3n) is 3.53. The van der Waals surface area contributed by atoms with Crippen molar-refractivity contribution >= 4 is 28.1 Å². The Balaban J connectivity index is 2.18. The zero-order chi connectivity index (χ0) is 14.3. The van der Waals surface area contributed by atoms with Crippen molar-refractivity contribution in [1.82, 2.24) is 9.55 Å². The van der Waals surface area contributed by atoms with Crippen molar-refractivity contribution in [2.75, 3.05) is 0 Å². The summed E-state index contributed by atoms with van der Waals surface area (Å²) < 4.78 is 1.84. The van der Waals surface area contributed by atoms with Gasteiger partial charge in [0.05, 0.1) is 11.1 Å². The first-order chi connectivity index (χ1) is 9.58. The molecule has 0 aliphatic rings. The topological polar surface area (TPSA) is 50.1 Å². The summed E-state index contributed by atoms with van der Waals surface area (Å²) in [4.78, 5) is 20.6. The molecule has 0 radical (unpaired) electrons. The van der Waals surface area contributed by atoms with E-state index in [0.29, 0.717) is 10.4 Å². The number of hydrogen-bond donors (Lipinski definition) is 1. The van der Waals surface area contributed by atoms with Crippen LogP contribution >= 0.6 is 11.3 Å². The molecule has 0 aliphatic carbocycles. The molecule has 1 N–H and O–H groups in total. The van der Waals surface area contributed by atoms with Crippen LogP contribution in [0.3, 0.4) is 0 Å². The van der Waals surface area contributed by atoms with Crippen LogP contribution in [0.15, 0.2) is 34.8 Å². The van der Waals surface area contributed by atoms with Crippen molar-refractivity contribution in [3.05, 3.63) is 51.4 Å². The van der Waals surface area contributed by atoms with E-state index in [2.05, 4.69) is 16.9 Å². The number of benzene rings is 1. The molecule has 0 saturated heterocycles. The summed E-state index contributed by atoms with van der Waals surface area (Å²) in [5.74, 6) is -0.213. The van der Waals surface area contributed by atoms with Crippen LogP contribution in [0.4, 0.5) is 0 Å². The van der Waals surface area contributed by atoms with E-state index < -0.39 is 0 Å². The Morgan fingerprint density at radius 3 is 2.85 bits per heavy atom. The maximum atomic E-state index is 12.4. The van der Waals surface area contributed by atoms with Crippen LogP contribution in [0.5, 0.6) is 0 Å². The molecule has 5 heteroatoms. The van der Waals surface area contributed by atoms with Crippen LogP contribution in [0.25, 0.3) is 10.9 Å². The lowest BCUT2D eigenvalue weighted by Gasteiger charge is -1.98. The summed E-state index contributed by atoms with van der Waals surface area (Å²) in [5.41, 5.74) is 3.75. The Kier molecular flexibility index (Phi) is 3.06. The Bertz CT molecular complexity index is 867. The largest absolute Gasteiger partial charge is 0.358 e. The number of carbonyl (C=O) groups excluding carboxylic acids is 1. The maximum Gasteiger partial charge on any atom is 0.281 e. The van der Waals surface area contributed by atoms with E-state index in [9.17, 15) is 4.79 Å². The summed E-state index contributed by atoms with van der Waals surface area (Å²) in [6, 6.07) is 5.74. The number of rotatable bonds is 1. The smallest absolute Gasteiger partial charge is 0.281 e. The highest BCUT2D eigenvalue weighted by molar-refractivity contribution is 7.07. The summed E-state index contributed by atoms with van der Waals surface area (Å²) in [7, 11) is 1.88. The first-order valence-electron chi connectivity index (χ1n) is 6.35. The lowest BCUT2D eigenvalue weighted by Crippen LogP contribution is -2.12. The second-order valence-electron chi connectivity index (χ2n) is 4.82. The van der Waals surface area contributed by atoms with Gasteiger partial charge in [-0.15, -0.1) is 11.3 Å². The monoisotopic (exact) mass is 285 g/mol. The number of amides is 1. The van der Waals surface area contributed by atoms with E-state index in [0.717, 1.165) is 16.6 Å². The normalized spacial score (nSPS) is 12.2. The van der Waals surface area contributed by atoms with Crippen molar-refractivity contribution in [3.8, 4) is 0 Å². The molecule has 0 unspecified atom stereocenters. The molecule has 3 aromatic rings. The van der Waals surface area contributed by atoms with Gasteiger partial charge in [0.15, 0.2) is 4.80 Å². The number of aromatic nitrogens is 2. The van der Waals surface area contributed by atoms with Gasteiger partial charge in [0.25, 0.3) is 5.91 Å². The molecule has 1 aromatic carbocycles. The fraction of sp³-hybridized carbons (Fsp3) is 0.200. The average molecular weight is 285 g/mol. The van der Waals surface area contributed by atoms with Gasteiger partial charge in [-0.2, -0.15) is 4.99 Å². The minimum atomic E-state index is -0.213. The second-order valence-corrected chi connectivity index (χ2v) is 5.69. The Hall–Kier alpha value is -2.14. The van der Waals surface area contributed by atoms with Gasteiger partial charge in [0.1, 0.15) is 0 Å². The molecule has 0 aliphatic heterocycles. The number of H-pyrrole nitrogens is 1. The molecule has 102 valence electrons. The van der Waals surface area contributed by atoms with Crippen LogP contribution in [-0.2, 0) is 7.05 Å². The van der Waals surface area contributed by atoms with Crippen molar-refractivity contribution in [1.29, 1.82) is 0 Å². The van der Waals surface area contributed by atoms with Crippen LogP contribution in [0, 0.1) is 13.8 Å². The van der Waals surface area contributed by atoms with Crippen LogP contribution in [-0.4, -0.2) is 15.5 Å². The number of carbonyl (C=O) groups is 1. The second kappa shape index (κ2) is 4.76. The third kappa shape index (κ3) is 2.00. The standard InChI is InChI=1S/C15H15N3OS/c1-9-10(2)16-13-11(9)5-4-6-12(13)14(19)17-15-18(3)7-8-20-15/h4-8,16H,1-3H3. The molecule has 1 amide bonds. The van der Waals surface area contributed by atoms with Crippen molar-refractivity contribution in [2.45, 2.75) is 13.8 Å². The molecule has 3 rings (SSSR count). The highest BCUT2D eigenvalue weighted by Gasteiger charge is 2.13. The number of hydrogen-bond acceptors (Lipinski definition) is 2. The van der Waals surface area contributed by atoms with E-state index in [-0.39, 0.29) is 5.91 Å². The lowest BCUT2D eigenvalue weighted by atomic mass is 10.1. The fourth-order valence-electron chi connectivity index (χ4n) is 2.24. The predicted molar refractivity (Wildman–Crippen MR) is 81.0 cm³/mol. The molecule has 4 nitrogen and oxygen atoms in total. The van der Waals surface area contributed by atoms with E-state index in [1.54, 1.807) is 0 Å². The van der Waals surface area contributed by atoms with Gasteiger partial charge in [0.2, 0.25) is 0 Å². The molecule has 0 fully saturated rings. The number of para-hydroxylation sites is 1. The van der Waals surface area contributed by atoms with Crippen molar-refractivity contribution in [3.63, 3.8) is 0 Å². The molecule has 2 heterocycles. The summed E-state index contributed by atoms with van der Waals surface area (Å²) in [6.45, 7) is 4.07. The van der Waals surface area contributed by atoms with E-state index in [4.69, 9.17) is 0 Å². The lowest BCUT2D eigenvalue weighted by molar-refractivity contribution is 0.0999. The minimum absolute atomic E-state index is 0.213. The number of nitrogens with one attached hydrogen (secondary N) is 1. The minimum Gasteiger partial charge on any atom is -0.358 e. The number of thiazole rings is 1. The van der Waals surface area contributed by atoms with Gasteiger partial charge in [-0.25, -0.2) is 0 Å². The number of fused-ring (bicyclic) bond motifs is 1. The highest BCUT2D eigenvalue weighted by Crippen LogP contribution is 2.24. The Labute approximate surface area is 120 Å². The average Bonchev–Trinajstić information content (AvgIpc) is 2.95. The van der Waals surface area contributed by atoms with Gasteiger partial charge in [-0.1, -0.05) is 12.1 Å². The van der Waals surface area contributed by atoms with Crippen LogP contribution in [0.2, 0.25) is 0 Å². The number of nitrogens with zero attached hydrogens (tertiary/aromatic N) is 2. The van der Waals surface area contributed by atoms with Crippen molar-refractivity contribution in [2.24, 2.45) is 12.0 Å². The quantitative estimate of drug-likeness (QED) is 0.734. The van der Waals surface area contributed by atoms with Crippen molar-refractivity contribution < 1.29 is 4.79 Å². The first kappa shape index (κ1) is 12.9. The molecule has 20 heavy (non-hydrogen) atoms. The molecule has 0 bridgehead atoms. The van der Waals surface area contributed by atoms with Crippen LogP contribution < -0.4 is 4.80 Å². The molecular weight excluding hydrogens is 270 g/mol. The zero-order valence-corrected chi connectivity index (χ0v) is 12.4. The summed E-state index contributed by atoms with van der Waals surface area (Å²) >= 11 is 1.45. The van der Waals surface area contributed by atoms with Gasteiger partial charge in [0, 0.05) is 29.7 Å². The van der Waals surface area contributed by atoms with E-state index in [1.807, 2.05) is 48.3 Å². The highest BCUT2D eigenvalue weighted by atomic mass is 32.1. The van der Waals surface area contributed by atoms with Crippen LogP contribution in [0.1, 0.15) is 21.6 Å². The van der Waals surface area contributed by atoms with Gasteiger partial charge in [-0.3, -0.25) is 4.79 Å².